The summed E-state index contributed by atoms with van der Waals surface area (Å²) in [4.78, 5) is 24.0. The summed E-state index contributed by atoms with van der Waals surface area (Å²) >= 11 is 1.51. The fourth-order valence-electron chi connectivity index (χ4n) is 2.23. The highest BCUT2D eigenvalue weighted by molar-refractivity contribution is 8.01. The molecule has 0 saturated carbocycles. The Kier molecular flexibility index (Phi) is 5.34. The van der Waals surface area contributed by atoms with Crippen LogP contribution in [0.3, 0.4) is 0 Å². The van der Waals surface area contributed by atoms with Gasteiger partial charge < -0.3 is 15.4 Å². The third-order valence-electron chi connectivity index (χ3n) is 3.67. The smallest absolute Gasteiger partial charge is 0.243 e. The maximum atomic E-state index is 12.1. The van der Waals surface area contributed by atoms with E-state index in [9.17, 15) is 9.59 Å². The number of carbonyl (C=O) groups is 2. The van der Waals surface area contributed by atoms with Gasteiger partial charge in [0.1, 0.15) is 11.8 Å². The number of rotatable bonds is 5. The summed E-state index contributed by atoms with van der Waals surface area (Å²) in [7, 11) is 1.63. The number of hydrogen-bond donors (Lipinski definition) is 2. The molecule has 0 radical (unpaired) electrons. The second-order valence-corrected chi connectivity index (χ2v) is 7.34. The normalized spacial score (nSPS) is 20.1. The second kappa shape index (κ2) is 7.05. The summed E-state index contributed by atoms with van der Waals surface area (Å²) in [6.45, 7) is 4.24. The summed E-state index contributed by atoms with van der Waals surface area (Å²) in [6, 6.07) is 7.28. The number of para-hydroxylation sites is 1. The molecule has 0 aromatic heterocycles. The molecule has 0 bridgehead atoms. The molecule has 1 saturated heterocycles. The minimum absolute atomic E-state index is 0.0892. The second-order valence-electron chi connectivity index (χ2n) is 5.70. The van der Waals surface area contributed by atoms with Crippen LogP contribution in [0.15, 0.2) is 24.3 Å². The molecule has 1 aromatic carbocycles. The average molecular weight is 322 g/mol. The Bertz CT molecular complexity index is 560. The zero-order chi connectivity index (χ0) is 16.2. The first-order valence-electron chi connectivity index (χ1n) is 7.28. The molecule has 6 heteroatoms. The van der Waals surface area contributed by atoms with E-state index in [2.05, 4.69) is 10.6 Å². The Morgan fingerprint density at radius 3 is 2.86 bits per heavy atom. The Morgan fingerprint density at radius 2 is 2.18 bits per heavy atom. The predicted molar refractivity (Wildman–Crippen MR) is 88.2 cm³/mol. The van der Waals surface area contributed by atoms with Gasteiger partial charge in [-0.2, -0.15) is 0 Å². The van der Waals surface area contributed by atoms with Crippen LogP contribution in [0.5, 0.6) is 5.75 Å². The van der Waals surface area contributed by atoms with Crippen LogP contribution >= 0.6 is 11.8 Å². The highest BCUT2D eigenvalue weighted by Gasteiger charge is 2.37. The number of hydrogen-bond acceptors (Lipinski definition) is 4. The van der Waals surface area contributed by atoms with Gasteiger partial charge in [0.2, 0.25) is 11.8 Å². The maximum absolute atomic E-state index is 12.1. The molecule has 2 amide bonds. The summed E-state index contributed by atoms with van der Waals surface area (Å²) in [5, 5.41) is 5.66. The molecule has 1 aromatic rings. The van der Waals surface area contributed by atoms with E-state index >= 15 is 0 Å². The van der Waals surface area contributed by atoms with E-state index in [0.717, 1.165) is 11.3 Å². The van der Waals surface area contributed by atoms with Gasteiger partial charge >= 0.3 is 0 Å². The lowest BCUT2D eigenvalue weighted by molar-refractivity contribution is -0.129. The SMILES string of the molecule is COc1ccccc1CCNC(=O)[C@@H]1CSC(C)(C)C(=O)N1. The lowest BCUT2D eigenvalue weighted by atomic mass is 10.1. The van der Waals surface area contributed by atoms with E-state index in [1.807, 2.05) is 38.1 Å². The van der Waals surface area contributed by atoms with Crippen LogP contribution in [0, 0.1) is 0 Å². The van der Waals surface area contributed by atoms with E-state index in [0.29, 0.717) is 18.7 Å². The lowest BCUT2D eigenvalue weighted by Crippen LogP contribution is -2.57. The van der Waals surface area contributed by atoms with Crippen molar-refractivity contribution in [2.24, 2.45) is 0 Å². The summed E-state index contributed by atoms with van der Waals surface area (Å²) in [6.07, 6.45) is 0.690. The molecule has 1 fully saturated rings. The van der Waals surface area contributed by atoms with Crippen molar-refractivity contribution in [1.82, 2.24) is 10.6 Å². The molecule has 1 atom stereocenters. The van der Waals surface area contributed by atoms with Crippen molar-refractivity contribution in [3.63, 3.8) is 0 Å². The predicted octanol–water partition coefficient (Wildman–Crippen LogP) is 1.36. The summed E-state index contributed by atoms with van der Waals surface area (Å²) < 4.78 is 4.82. The third kappa shape index (κ3) is 3.94. The van der Waals surface area contributed by atoms with Crippen molar-refractivity contribution in [2.45, 2.75) is 31.1 Å². The standard InChI is InChI=1S/C16H22N2O3S/c1-16(2)15(20)18-12(10-22-16)14(19)17-9-8-11-6-4-5-7-13(11)21-3/h4-7,12H,8-10H2,1-3H3,(H,17,19)(H,18,20)/t12-/m0/s1. The van der Waals surface area contributed by atoms with Crippen LogP contribution in [-0.2, 0) is 16.0 Å². The van der Waals surface area contributed by atoms with Crippen molar-refractivity contribution < 1.29 is 14.3 Å². The van der Waals surface area contributed by atoms with Crippen LogP contribution in [-0.4, -0.2) is 42.0 Å². The van der Waals surface area contributed by atoms with Gasteiger partial charge in [-0.1, -0.05) is 18.2 Å². The Balaban J connectivity index is 1.82. The molecule has 1 aliphatic rings. The number of ether oxygens (including phenoxy) is 1. The first-order valence-corrected chi connectivity index (χ1v) is 8.27. The highest BCUT2D eigenvalue weighted by atomic mass is 32.2. The quantitative estimate of drug-likeness (QED) is 0.859. The fraction of sp³-hybridized carbons (Fsp3) is 0.500. The van der Waals surface area contributed by atoms with Crippen molar-refractivity contribution in [2.75, 3.05) is 19.4 Å². The van der Waals surface area contributed by atoms with Gasteiger partial charge in [0.25, 0.3) is 0 Å². The number of methoxy groups -OCH3 is 1. The van der Waals surface area contributed by atoms with Gasteiger partial charge in [-0.15, -0.1) is 11.8 Å². The average Bonchev–Trinajstić information content (AvgIpc) is 2.50. The number of carbonyl (C=O) groups excluding carboxylic acids is 2. The van der Waals surface area contributed by atoms with Crippen LogP contribution in [0.4, 0.5) is 0 Å². The van der Waals surface area contributed by atoms with Crippen molar-refractivity contribution in [1.29, 1.82) is 0 Å². The Hall–Kier alpha value is -1.69. The molecular weight excluding hydrogens is 300 g/mol. The van der Waals surface area contributed by atoms with Gasteiger partial charge in [0.05, 0.1) is 11.9 Å². The number of thioether (sulfide) groups is 1. The fourth-order valence-corrected chi connectivity index (χ4v) is 3.23. The Morgan fingerprint density at radius 1 is 1.45 bits per heavy atom. The number of amides is 2. The molecule has 2 rings (SSSR count). The summed E-state index contributed by atoms with van der Waals surface area (Å²) in [5.41, 5.74) is 1.05. The molecule has 2 N–H and O–H groups in total. The Labute approximate surface area is 135 Å². The summed E-state index contributed by atoms with van der Waals surface area (Å²) in [5.74, 6) is 1.19. The van der Waals surface area contributed by atoms with E-state index in [-0.39, 0.29) is 11.8 Å². The van der Waals surface area contributed by atoms with E-state index in [1.165, 1.54) is 11.8 Å². The topological polar surface area (TPSA) is 67.4 Å². The zero-order valence-electron chi connectivity index (χ0n) is 13.1. The van der Waals surface area contributed by atoms with Crippen LogP contribution in [0.2, 0.25) is 0 Å². The van der Waals surface area contributed by atoms with E-state index in [4.69, 9.17) is 4.74 Å². The van der Waals surface area contributed by atoms with Gasteiger partial charge in [-0.25, -0.2) is 0 Å². The molecule has 22 heavy (non-hydrogen) atoms. The van der Waals surface area contributed by atoms with Gasteiger partial charge in [-0.3, -0.25) is 9.59 Å². The molecular formula is C16H22N2O3S. The van der Waals surface area contributed by atoms with Gasteiger partial charge in [0, 0.05) is 12.3 Å². The van der Waals surface area contributed by atoms with Crippen LogP contribution in [0.1, 0.15) is 19.4 Å². The highest BCUT2D eigenvalue weighted by Crippen LogP contribution is 2.28. The molecule has 0 aliphatic carbocycles. The molecule has 1 aliphatic heterocycles. The molecule has 5 nitrogen and oxygen atoms in total. The van der Waals surface area contributed by atoms with Crippen molar-refractivity contribution in [3.05, 3.63) is 29.8 Å². The van der Waals surface area contributed by atoms with Crippen LogP contribution < -0.4 is 15.4 Å². The molecule has 0 unspecified atom stereocenters. The van der Waals surface area contributed by atoms with Crippen molar-refractivity contribution in [3.8, 4) is 5.75 Å². The minimum Gasteiger partial charge on any atom is -0.496 e. The molecule has 120 valence electrons. The third-order valence-corrected chi connectivity index (χ3v) is 5.07. The van der Waals surface area contributed by atoms with Gasteiger partial charge in [0.15, 0.2) is 0 Å². The van der Waals surface area contributed by atoms with Gasteiger partial charge in [-0.05, 0) is 31.9 Å². The first kappa shape index (κ1) is 16.7. The maximum Gasteiger partial charge on any atom is 0.243 e. The molecule has 1 heterocycles. The first-order chi connectivity index (χ1) is 10.4. The largest absolute Gasteiger partial charge is 0.496 e. The minimum atomic E-state index is -0.464. The number of benzene rings is 1. The van der Waals surface area contributed by atoms with E-state index < -0.39 is 10.8 Å². The van der Waals surface area contributed by atoms with Crippen LogP contribution in [0.25, 0.3) is 0 Å². The monoisotopic (exact) mass is 322 g/mol. The van der Waals surface area contributed by atoms with Crippen molar-refractivity contribution >= 4 is 23.6 Å². The zero-order valence-corrected chi connectivity index (χ0v) is 14.0. The lowest BCUT2D eigenvalue weighted by Gasteiger charge is -2.32. The number of nitrogens with one attached hydrogen (secondary N) is 2. The van der Waals surface area contributed by atoms with E-state index in [1.54, 1.807) is 7.11 Å². The molecule has 0 spiro atoms.